The van der Waals surface area contributed by atoms with Crippen molar-refractivity contribution >= 4 is 33.3 Å². The fourth-order valence-electron chi connectivity index (χ4n) is 3.59. The molecule has 4 rings (SSSR count). The van der Waals surface area contributed by atoms with Crippen molar-refractivity contribution in [2.45, 2.75) is 51.4 Å². The Kier molecular flexibility index (Phi) is 6.30. The molecule has 0 aliphatic heterocycles. The number of hydrogen-bond donors (Lipinski definition) is 0. The Balaban J connectivity index is 1.87. The van der Waals surface area contributed by atoms with Crippen LogP contribution in [0.4, 0.5) is 4.39 Å². The summed E-state index contributed by atoms with van der Waals surface area (Å²) in [5.74, 6) is 0.354. The number of hydrogen-bond acceptors (Lipinski definition) is 4. The number of rotatable bonds is 6. The van der Waals surface area contributed by atoms with Crippen LogP contribution in [0.2, 0.25) is 0 Å². The van der Waals surface area contributed by atoms with Gasteiger partial charge in [-0.25, -0.2) is 9.37 Å². The number of halogens is 1. The lowest BCUT2D eigenvalue weighted by Gasteiger charge is -2.14. The summed E-state index contributed by atoms with van der Waals surface area (Å²) in [7, 11) is 0. The lowest BCUT2D eigenvalue weighted by molar-refractivity contribution is 0.627. The van der Waals surface area contributed by atoms with Gasteiger partial charge < -0.3 is 0 Å². The second-order valence-corrected chi connectivity index (χ2v) is 9.83. The Morgan fingerprint density at radius 3 is 2.48 bits per heavy atom. The van der Waals surface area contributed by atoms with Crippen LogP contribution in [0, 0.1) is 26.6 Å². The summed E-state index contributed by atoms with van der Waals surface area (Å²) in [5, 5.41) is 1.38. The molecule has 0 amide bonds. The van der Waals surface area contributed by atoms with Gasteiger partial charge in [0.2, 0.25) is 0 Å². The molecule has 0 N–H and O–H groups in total. The second-order valence-electron chi connectivity index (χ2n) is 7.80. The van der Waals surface area contributed by atoms with Crippen LogP contribution in [-0.2, 0) is 12.2 Å². The van der Waals surface area contributed by atoms with Crippen molar-refractivity contribution in [3.8, 4) is 5.69 Å². The first-order chi connectivity index (χ1) is 14.9. The molecule has 2 heterocycles. The molecule has 0 unspecified atom stereocenters. The molecule has 0 atom stereocenters. The summed E-state index contributed by atoms with van der Waals surface area (Å²) in [6, 6.07) is 12.5. The van der Waals surface area contributed by atoms with Crippen molar-refractivity contribution in [2.24, 2.45) is 0 Å². The minimum absolute atomic E-state index is 0.0223. The number of fused-ring (bicyclic) bond motifs is 1. The van der Waals surface area contributed by atoms with E-state index in [0.717, 1.165) is 45.4 Å². The predicted octanol–water partition coefficient (Wildman–Crippen LogP) is 6.76. The maximum absolute atomic E-state index is 13.7. The third-order valence-corrected chi connectivity index (χ3v) is 7.79. The summed E-state index contributed by atoms with van der Waals surface area (Å²) in [6.45, 7) is 8.29. The quantitative estimate of drug-likeness (QED) is 0.240. The van der Waals surface area contributed by atoms with E-state index in [2.05, 4.69) is 20.8 Å². The van der Waals surface area contributed by atoms with Crippen molar-refractivity contribution in [3.63, 3.8) is 0 Å². The van der Waals surface area contributed by atoms with Crippen LogP contribution < -0.4 is 5.56 Å². The summed E-state index contributed by atoms with van der Waals surface area (Å²) in [6.07, 6.45) is 1.99. The molecule has 31 heavy (non-hydrogen) atoms. The topological polar surface area (TPSA) is 34.9 Å². The Labute approximate surface area is 190 Å². The molecule has 3 nitrogen and oxygen atoms in total. The molecule has 0 aliphatic rings. The monoisotopic (exact) mass is 452 g/mol. The van der Waals surface area contributed by atoms with Gasteiger partial charge in [0.05, 0.1) is 11.1 Å². The number of thioether (sulfide) groups is 1. The van der Waals surface area contributed by atoms with Crippen LogP contribution in [0.25, 0.3) is 15.9 Å². The van der Waals surface area contributed by atoms with Gasteiger partial charge in [0.15, 0.2) is 5.16 Å². The minimum Gasteiger partial charge on any atom is -0.268 e. The van der Waals surface area contributed by atoms with Gasteiger partial charge in [0, 0.05) is 10.6 Å². The van der Waals surface area contributed by atoms with E-state index in [9.17, 15) is 9.18 Å². The lowest BCUT2D eigenvalue weighted by atomic mass is 10.1. The fraction of sp³-hybridized carbons (Fsp3) is 0.280. The normalized spacial score (nSPS) is 11.4. The molecule has 4 aromatic rings. The second kappa shape index (κ2) is 8.97. The van der Waals surface area contributed by atoms with E-state index < -0.39 is 0 Å². The summed E-state index contributed by atoms with van der Waals surface area (Å²) >= 11 is 3.13. The van der Waals surface area contributed by atoms with Gasteiger partial charge in [-0.2, -0.15) is 0 Å². The van der Waals surface area contributed by atoms with Gasteiger partial charge in [-0.05, 0) is 73.7 Å². The molecule has 2 aromatic heterocycles. The zero-order chi connectivity index (χ0) is 22.1. The predicted molar refractivity (Wildman–Crippen MR) is 129 cm³/mol. The highest BCUT2D eigenvalue weighted by atomic mass is 32.2. The van der Waals surface area contributed by atoms with Crippen molar-refractivity contribution in [2.75, 3.05) is 0 Å². The molecule has 0 saturated heterocycles. The molecule has 0 spiro atoms. The lowest BCUT2D eigenvalue weighted by Crippen LogP contribution is -2.21. The average molecular weight is 453 g/mol. The molecule has 160 valence electrons. The first-order valence-corrected chi connectivity index (χ1v) is 12.2. The number of aryl methyl sites for hydroxylation is 4. The Morgan fingerprint density at radius 2 is 1.81 bits per heavy atom. The molecular weight excluding hydrogens is 427 g/mol. The summed E-state index contributed by atoms with van der Waals surface area (Å²) < 4.78 is 15.0. The molecule has 0 radical (unpaired) electrons. The van der Waals surface area contributed by atoms with Crippen LogP contribution >= 0.6 is 23.1 Å². The number of nitrogens with zero attached hydrogens (tertiary/aromatic N) is 2. The highest BCUT2D eigenvalue weighted by Gasteiger charge is 2.19. The largest absolute Gasteiger partial charge is 0.268 e. The van der Waals surface area contributed by atoms with Crippen LogP contribution in [0.5, 0.6) is 0 Å². The molecule has 0 fully saturated rings. The van der Waals surface area contributed by atoms with E-state index in [1.165, 1.54) is 34.3 Å². The molecule has 0 bridgehead atoms. The standard InChI is InChI=1S/C25H25FN2OS2/c1-5-6-21-17(4)22-23(31-21)27-25(30-14-18-8-10-19(26)11-9-18)28(24(22)29)20-12-7-15(2)16(3)13-20/h7-13H,5-6,14H2,1-4H3. The number of aromatic nitrogens is 2. The van der Waals surface area contributed by atoms with Gasteiger partial charge in [0.25, 0.3) is 5.56 Å². The van der Waals surface area contributed by atoms with Gasteiger partial charge in [0.1, 0.15) is 10.6 Å². The van der Waals surface area contributed by atoms with E-state index in [1.807, 2.05) is 25.1 Å². The zero-order valence-corrected chi connectivity index (χ0v) is 19.8. The summed E-state index contributed by atoms with van der Waals surface area (Å²) in [5.41, 5.74) is 5.15. The maximum atomic E-state index is 13.7. The Morgan fingerprint density at radius 1 is 1.06 bits per heavy atom. The number of benzene rings is 2. The molecule has 6 heteroatoms. The van der Waals surface area contributed by atoms with E-state index in [0.29, 0.717) is 10.9 Å². The SMILES string of the molecule is CCCc1sc2nc(SCc3ccc(F)cc3)n(-c3ccc(C)c(C)c3)c(=O)c2c1C. The molecule has 2 aromatic carbocycles. The van der Waals surface area contributed by atoms with Crippen LogP contribution in [-0.4, -0.2) is 9.55 Å². The van der Waals surface area contributed by atoms with Gasteiger partial charge in [-0.3, -0.25) is 9.36 Å². The van der Waals surface area contributed by atoms with E-state index in [4.69, 9.17) is 4.98 Å². The van der Waals surface area contributed by atoms with E-state index >= 15 is 0 Å². The van der Waals surface area contributed by atoms with Crippen molar-refractivity contribution in [1.29, 1.82) is 0 Å². The third-order valence-electron chi connectivity index (χ3n) is 5.54. The molecule has 0 aliphatic carbocycles. The molecular formula is C25H25FN2OS2. The Bertz CT molecular complexity index is 1310. The minimum atomic E-state index is -0.252. The van der Waals surface area contributed by atoms with Crippen LogP contribution in [0.15, 0.2) is 52.4 Å². The maximum Gasteiger partial charge on any atom is 0.267 e. The number of thiophene rings is 1. The highest BCUT2D eigenvalue weighted by molar-refractivity contribution is 7.98. The summed E-state index contributed by atoms with van der Waals surface area (Å²) in [4.78, 5) is 20.7. The van der Waals surface area contributed by atoms with Gasteiger partial charge in [-0.15, -0.1) is 11.3 Å². The average Bonchev–Trinajstić information content (AvgIpc) is 3.06. The van der Waals surface area contributed by atoms with Crippen LogP contribution in [0.3, 0.4) is 0 Å². The fourth-order valence-corrected chi connectivity index (χ4v) is 5.88. The Hall–Kier alpha value is -2.44. The van der Waals surface area contributed by atoms with Crippen molar-refractivity contribution in [3.05, 3.63) is 85.8 Å². The first-order valence-electron chi connectivity index (χ1n) is 10.4. The first kappa shape index (κ1) is 21.8. The van der Waals surface area contributed by atoms with E-state index in [-0.39, 0.29) is 11.4 Å². The third kappa shape index (κ3) is 4.32. The molecule has 0 saturated carbocycles. The highest BCUT2D eigenvalue weighted by Crippen LogP contribution is 2.32. The van der Waals surface area contributed by atoms with Crippen molar-refractivity contribution < 1.29 is 4.39 Å². The van der Waals surface area contributed by atoms with Crippen LogP contribution in [0.1, 0.15) is 40.5 Å². The van der Waals surface area contributed by atoms with Gasteiger partial charge >= 0.3 is 0 Å². The van der Waals surface area contributed by atoms with Gasteiger partial charge in [-0.1, -0.05) is 43.3 Å². The smallest absolute Gasteiger partial charge is 0.267 e. The zero-order valence-electron chi connectivity index (χ0n) is 18.2. The van der Waals surface area contributed by atoms with Crippen molar-refractivity contribution in [1.82, 2.24) is 9.55 Å². The van der Waals surface area contributed by atoms with E-state index in [1.54, 1.807) is 28.0 Å².